The number of carbonyl (C=O) groups excluding carboxylic acids is 2. The third-order valence-electron chi connectivity index (χ3n) is 2.95. The van der Waals surface area contributed by atoms with Crippen molar-refractivity contribution in [3.63, 3.8) is 0 Å². The molecule has 3 N–H and O–H groups in total. The molecule has 2 amide bonds. The van der Waals surface area contributed by atoms with Crippen molar-refractivity contribution in [1.29, 1.82) is 0 Å². The molecule has 0 radical (unpaired) electrons. The summed E-state index contributed by atoms with van der Waals surface area (Å²) in [6.07, 6.45) is -0.630. The Kier molecular flexibility index (Phi) is 7.16. The molecule has 2 unspecified atom stereocenters. The number of aliphatic hydroxyl groups is 1. The van der Waals surface area contributed by atoms with Crippen molar-refractivity contribution >= 4 is 12.0 Å². The molecule has 20 heavy (non-hydrogen) atoms. The molecule has 118 valence electrons. The number of imide groups is 1. The standard InChI is InChI=1S/C14H28N2O4/c1-7-10(17)8-11(9(2)3)12(18)16(15)13(19)20-14(4,5)6/h9-11,17H,7-8,15H2,1-6H3. The highest BCUT2D eigenvalue weighted by atomic mass is 16.6. The summed E-state index contributed by atoms with van der Waals surface area (Å²) in [6, 6.07) is 0. The quantitative estimate of drug-likeness (QED) is 0.459. The maximum absolute atomic E-state index is 12.3. The highest BCUT2D eigenvalue weighted by molar-refractivity contribution is 5.92. The molecule has 6 nitrogen and oxygen atoms in total. The van der Waals surface area contributed by atoms with Crippen LogP contribution in [0.5, 0.6) is 0 Å². The minimum absolute atomic E-state index is 0.0304. The average molecular weight is 288 g/mol. The van der Waals surface area contributed by atoms with Crippen LogP contribution in [0.25, 0.3) is 0 Å². The number of aliphatic hydroxyl groups excluding tert-OH is 1. The Morgan fingerprint density at radius 2 is 1.80 bits per heavy atom. The second-order valence-electron chi connectivity index (χ2n) is 6.34. The van der Waals surface area contributed by atoms with Gasteiger partial charge in [0.05, 0.1) is 6.10 Å². The Labute approximate surface area is 121 Å². The second-order valence-corrected chi connectivity index (χ2v) is 6.34. The van der Waals surface area contributed by atoms with Gasteiger partial charge in [-0.05, 0) is 39.5 Å². The van der Waals surface area contributed by atoms with Crippen LogP contribution in [-0.2, 0) is 9.53 Å². The summed E-state index contributed by atoms with van der Waals surface area (Å²) in [4.78, 5) is 24.0. The fourth-order valence-corrected chi connectivity index (χ4v) is 1.70. The minimum Gasteiger partial charge on any atom is -0.442 e. The van der Waals surface area contributed by atoms with Gasteiger partial charge in [0.2, 0.25) is 5.91 Å². The molecule has 0 saturated carbocycles. The van der Waals surface area contributed by atoms with Gasteiger partial charge in [0.25, 0.3) is 0 Å². The van der Waals surface area contributed by atoms with E-state index in [4.69, 9.17) is 10.6 Å². The summed E-state index contributed by atoms with van der Waals surface area (Å²) < 4.78 is 5.06. The molecule has 0 aromatic rings. The van der Waals surface area contributed by atoms with Gasteiger partial charge in [-0.1, -0.05) is 20.8 Å². The van der Waals surface area contributed by atoms with Gasteiger partial charge in [-0.15, -0.1) is 0 Å². The van der Waals surface area contributed by atoms with Crippen LogP contribution < -0.4 is 5.84 Å². The molecule has 0 saturated heterocycles. The lowest BCUT2D eigenvalue weighted by Gasteiger charge is -2.28. The van der Waals surface area contributed by atoms with E-state index in [1.807, 2.05) is 20.8 Å². The molecule has 0 aliphatic rings. The summed E-state index contributed by atoms with van der Waals surface area (Å²) in [5.74, 6) is 4.48. The van der Waals surface area contributed by atoms with E-state index >= 15 is 0 Å². The molecule has 0 aliphatic heterocycles. The molecule has 0 aromatic carbocycles. The van der Waals surface area contributed by atoms with Crippen LogP contribution in [0.1, 0.15) is 54.4 Å². The molecule has 0 rings (SSSR count). The number of carbonyl (C=O) groups is 2. The van der Waals surface area contributed by atoms with E-state index in [9.17, 15) is 14.7 Å². The Morgan fingerprint density at radius 3 is 2.15 bits per heavy atom. The zero-order valence-electron chi connectivity index (χ0n) is 13.3. The lowest BCUT2D eigenvalue weighted by Crippen LogP contribution is -2.49. The molecule has 0 aliphatic carbocycles. The summed E-state index contributed by atoms with van der Waals surface area (Å²) in [5.41, 5.74) is -0.717. The molecule has 0 aromatic heterocycles. The summed E-state index contributed by atoms with van der Waals surface area (Å²) in [6.45, 7) is 10.6. The first-order valence-electron chi connectivity index (χ1n) is 6.99. The highest BCUT2D eigenvalue weighted by Crippen LogP contribution is 2.21. The zero-order chi connectivity index (χ0) is 16.1. The summed E-state index contributed by atoms with van der Waals surface area (Å²) >= 11 is 0. The third kappa shape index (κ3) is 6.34. The fraction of sp³-hybridized carbons (Fsp3) is 0.857. The second kappa shape index (κ2) is 7.59. The molecule has 0 fully saturated rings. The van der Waals surface area contributed by atoms with E-state index in [-0.39, 0.29) is 12.3 Å². The SMILES string of the molecule is CCC(O)CC(C(=O)N(N)C(=O)OC(C)(C)C)C(C)C. The molecular weight excluding hydrogens is 260 g/mol. The summed E-state index contributed by atoms with van der Waals surface area (Å²) in [5, 5.41) is 10.2. The average Bonchev–Trinajstić information content (AvgIpc) is 2.31. The number of ether oxygens (including phenoxy) is 1. The Bertz CT molecular complexity index is 337. The number of hydrazine groups is 1. The van der Waals surface area contributed by atoms with E-state index in [0.29, 0.717) is 11.4 Å². The van der Waals surface area contributed by atoms with Gasteiger partial charge in [-0.25, -0.2) is 10.6 Å². The van der Waals surface area contributed by atoms with Crippen LogP contribution in [0.2, 0.25) is 0 Å². The number of amides is 2. The van der Waals surface area contributed by atoms with Crippen molar-refractivity contribution in [1.82, 2.24) is 5.01 Å². The number of hydrogen-bond donors (Lipinski definition) is 2. The topological polar surface area (TPSA) is 92.9 Å². The summed E-state index contributed by atoms with van der Waals surface area (Å²) in [7, 11) is 0. The lowest BCUT2D eigenvalue weighted by atomic mass is 9.88. The smallest absolute Gasteiger partial charge is 0.431 e. The Morgan fingerprint density at radius 1 is 1.30 bits per heavy atom. The molecule has 0 bridgehead atoms. The van der Waals surface area contributed by atoms with E-state index in [2.05, 4.69) is 0 Å². The number of nitrogens with zero attached hydrogens (tertiary/aromatic N) is 1. The highest BCUT2D eigenvalue weighted by Gasteiger charge is 2.32. The zero-order valence-corrected chi connectivity index (χ0v) is 13.3. The van der Waals surface area contributed by atoms with Crippen molar-refractivity contribution in [2.24, 2.45) is 17.7 Å². The van der Waals surface area contributed by atoms with Gasteiger partial charge >= 0.3 is 6.09 Å². The van der Waals surface area contributed by atoms with Crippen molar-refractivity contribution in [3.8, 4) is 0 Å². The van der Waals surface area contributed by atoms with Crippen molar-refractivity contribution in [3.05, 3.63) is 0 Å². The van der Waals surface area contributed by atoms with Crippen LogP contribution in [0, 0.1) is 11.8 Å². The van der Waals surface area contributed by atoms with E-state index in [1.165, 1.54) is 0 Å². The van der Waals surface area contributed by atoms with Gasteiger partial charge in [0.15, 0.2) is 0 Å². The number of nitrogens with two attached hydrogens (primary N) is 1. The third-order valence-corrected chi connectivity index (χ3v) is 2.95. The van der Waals surface area contributed by atoms with Crippen LogP contribution >= 0.6 is 0 Å². The van der Waals surface area contributed by atoms with Gasteiger partial charge < -0.3 is 9.84 Å². The first kappa shape index (κ1) is 18.9. The maximum Gasteiger partial charge on any atom is 0.431 e. The molecule has 2 atom stereocenters. The first-order chi connectivity index (χ1) is 8.99. The van der Waals surface area contributed by atoms with Crippen LogP contribution in [-0.4, -0.2) is 33.8 Å². The van der Waals surface area contributed by atoms with Gasteiger partial charge in [-0.3, -0.25) is 4.79 Å². The van der Waals surface area contributed by atoms with Gasteiger partial charge in [0, 0.05) is 5.92 Å². The van der Waals surface area contributed by atoms with E-state index in [1.54, 1.807) is 20.8 Å². The maximum atomic E-state index is 12.3. The molecular formula is C14H28N2O4. The number of hydrogen-bond acceptors (Lipinski definition) is 5. The normalized spacial score (nSPS) is 14.8. The largest absolute Gasteiger partial charge is 0.442 e. The lowest BCUT2D eigenvalue weighted by molar-refractivity contribution is -0.137. The predicted octanol–water partition coefficient (Wildman–Crippen LogP) is 2.06. The Balaban J connectivity index is 4.85. The van der Waals surface area contributed by atoms with Crippen LogP contribution in [0.4, 0.5) is 4.79 Å². The molecule has 0 heterocycles. The number of rotatable bonds is 5. The van der Waals surface area contributed by atoms with Crippen LogP contribution in [0.3, 0.4) is 0 Å². The predicted molar refractivity (Wildman–Crippen MR) is 76.5 cm³/mol. The van der Waals surface area contributed by atoms with Gasteiger partial charge in [0.1, 0.15) is 5.60 Å². The van der Waals surface area contributed by atoms with Crippen molar-refractivity contribution in [2.75, 3.05) is 0 Å². The van der Waals surface area contributed by atoms with Gasteiger partial charge in [-0.2, -0.15) is 5.01 Å². The molecule has 6 heteroatoms. The first-order valence-corrected chi connectivity index (χ1v) is 6.99. The van der Waals surface area contributed by atoms with Crippen molar-refractivity contribution < 1.29 is 19.4 Å². The molecule has 0 spiro atoms. The fourth-order valence-electron chi connectivity index (χ4n) is 1.70. The van der Waals surface area contributed by atoms with E-state index in [0.717, 1.165) is 0 Å². The Hall–Kier alpha value is -1.14. The van der Waals surface area contributed by atoms with Crippen LogP contribution in [0.15, 0.2) is 0 Å². The minimum atomic E-state index is -0.876. The van der Waals surface area contributed by atoms with E-state index < -0.39 is 29.6 Å². The monoisotopic (exact) mass is 288 g/mol. The van der Waals surface area contributed by atoms with Crippen molar-refractivity contribution in [2.45, 2.75) is 66.1 Å².